The number of pyridine rings is 1. The SMILES string of the molecule is CC1(C)CC(C)(C)c2cc(-c3cc(-c4nc(-c5ccccc5)nc(-c5ccc(C#N)cc5)n4)cc(-c4cccc5cccnc45)c3)ccc21. The van der Waals surface area contributed by atoms with Crippen molar-refractivity contribution in [2.45, 2.75) is 44.9 Å². The zero-order chi connectivity index (χ0) is 33.8. The van der Waals surface area contributed by atoms with Crippen LogP contribution in [0.5, 0.6) is 0 Å². The molecule has 236 valence electrons. The average molecular weight is 634 g/mol. The van der Waals surface area contributed by atoms with Crippen LogP contribution < -0.4 is 0 Å². The van der Waals surface area contributed by atoms with E-state index in [-0.39, 0.29) is 10.8 Å². The summed E-state index contributed by atoms with van der Waals surface area (Å²) in [4.78, 5) is 19.9. The molecule has 0 aliphatic heterocycles. The van der Waals surface area contributed by atoms with Gasteiger partial charge in [0.05, 0.1) is 17.1 Å². The highest BCUT2D eigenvalue weighted by atomic mass is 15.0. The van der Waals surface area contributed by atoms with Gasteiger partial charge in [0.2, 0.25) is 0 Å². The Labute approximate surface area is 287 Å². The first-order chi connectivity index (χ1) is 23.7. The zero-order valence-corrected chi connectivity index (χ0v) is 28.1. The Morgan fingerprint density at radius 1 is 0.531 bits per heavy atom. The van der Waals surface area contributed by atoms with Gasteiger partial charge in [-0.2, -0.15) is 5.26 Å². The molecule has 5 heteroatoms. The van der Waals surface area contributed by atoms with Gasteiger partial charge in [0.1, 0.15) is 0 Å². The van der Waals surface area contributed by atoms with Crippen molar-refractivity contribution in [3.05, 3.63) is 144 Å². The van der Waals surface area contributed by atoms with E-state index in [2.05, 4.69) is 94.4 Å². The Balaban J connectivity index is 1.37. The third kappa shape index (κ3) is 5.56. The topological polar surface area (TPSA) is 75.3 Å². The third-order valence-electron chi connectivity index (χ3n) is 9.77. The van der Waals surface area contributed by atoms with Crippen molar-refractivity contribution in [2.24, 2.45) is 0 Å². The van der Waals surface area contributed by atoms with Crippen molar-refractivity contribution in [1.29, 1.82) is 5.26 Å². The highest BCUT2D eigenvalue weighted by Crippen LogP contribution is 2.50. The first kappa shape index (κ1) is 30.4. The standard InChI is InChI=1S/C44H35N5/c1-43(2)27-44(3,4)38-25-32(19-20-37(38)43)33-22-34(36-14-8-12-29-13-9-21-46-39(29)36)24-35(23-33)42-48-40(30-10-6-5-7-11-30)47-41(49-42)31-17-15-28(26-45)16-18-31/h5-25H,27H2,1-4H3. The number of nitriles is 1. The van der Waals surface area contributed by atoms with Gasteiger partial charge in [-0.15, -0.1) is 0 Å². The molecule has 0 radical (unpaired) electrons. The van der Waals surface area contributed by atoms with Crippen LogP contribution in [0, 0.1) is 11.3 Å². The summed E-state index contributed by atoms with van der Waals surface area (Å²) < 4.78 is 0. The largest absolute Gasteiger partial charge is 0.256 e. The minimum absolute atomic E-state index is 0.0730. The van der Waals surface area contributed by atoms with Gasteiger partial charge in [-0.05, 0) is 93.6 Å². The van der Waals surface area contributed by atoms with E-state index < -0.39 is 0 Å². The molecular weight excluding hydrogens is 599 g/mol. The highest BCUT2D eigenvalue weighted by molar-refractivity contribution is 5.95. The molecule has 0 saturated heterocycles. The van der Waals surface area contributed by atoms with Crippen molar-refractivity contribution in [1.82, 2.24) is 19.9 Å². The van der Waals surface area contributed by atoms with Crippen molar-refractivity contribution in [2.75, 3.05) is 0 Å². The van der Waals surface area contributed by atoms with Crippen LogP contribution in [0.25, 0.3) is 67.3 Å². The summed E-state index contributed by atoms with van der Waals surface area (Å²) in [5.74, 6) is 1.71. The molecule has 1 aliphatic carbocycles. The number of rotatable bonds is 5. The molecule has 2 aromatic heterocycles. The summed E-state index contributed by atoms with van der Waals surface area (Å²) in [6.45, 7) is 9.41. The number of benzene rings is 5. The quantitative estimate of drug-likeness (QED) is 0.189. The van der Waals surface area contributed by atoms with E-state index in [0.717, 1.165) is 56.3 Å². The number of para-hydroxylation sites is 1. The lowest BCUT2D eigenvalue weighted by Gasteiger charge is -2.22. The molecule has 1 aliphatic rings. The zero-order valence-electron chi connectivity index (χ0n) is 28.1. The summed E-state index contributed by atoms with van der Waals surface area (Å²) in [5, 5.41) is 10.5. The molecule has 0 fully saturated rings. The molecular formula is C44H35N5. The molecule has 0 bridgehead atoms. The molecule has 0 spiro atoms. The van der Waals surface area contributed by atoms with Crippen molar-refractivity contribution in [3.8, 4) is 62.5 Å². The maximum atomic E-state index is 9.40. The Morgan fingerprint density at radius 3 is 1.88 bits per heavy atom. The number of hydrogen-bond acceptors (Lipinski definition) is 5. The summed E-state index contributed by atoms with van der Waals surface area (Å²) >= 11 is 0. The predicted molar refractivity (Wildman–Crippen MR) is 198 cm³/mol. The number of fused-ring (bicyclic) bond motifs is 2. The summed E-state index contributed by atoms with van der Waals surface area (Å²) in [6, 6.07) is 43.6. The predicted octanol–water partition coefficient (Wildman–Crippen LogP) is 10.6. The second-order valence-electron chi connectivity index (χ2n) is 14.2. The molecule has 0 unspecified atom stereocenters. The highest BCUT2D eigenvalue weighted by Gasteiger charge is 2.41. The van der Waals surface area contributed by atoms with Gasteiger partial charge in [-0.1, -0.05) is 100 Å². The maximum absolute atomic E-state index is 9.40. The van der Waals surface area contributed by atoms with E-state index in [1.165, 1.54) is 11.1 Å². The average Bonchev–Trinajstić information content (AvgIpc) is 3.33. The molecule has 49 heavy (non-hydrogen) atoms. The van der Waals surface area contributed by atoms with E-state index in [0.29, 0.717) is 23.0 Å². The first-order valence-corrected chi connectivity index (χ1v) is 16.7. The Hall–Kier alpha value is -5.99. The van der Waals surface area contributed by atoms with Crippen LogP contribution in [0.3, 0.4) is 0 Å². The monoisotopic (exact) mass is 633 g/mol. The minimum atomic E-state index is 0.0730. The molecule has 0 amide bonds. The van der Waals surface area contributed by atoms with Gasteiger partial charge in [-0.25, -0.2) is 15.0 Å². The van der Waals surface area contributed by atoms with Gasteiger partial charge >= 0.3 is 0 Å². The fourth-order valence-corrected chi connectivity index (χ4v) is 7.63. The van der Waals surface area contributed by atoms with Crippen LogP contribution in [0.4, 0.5) is 0 Å². The van der Waals surface area contributed by atoms with E-state index in [1.54, 1.807) is 12.1 Å². The molecule has 0 N–H and O–H groups in total. The normalized spacial score (nSPS) is 14.3. The molecule has 2 heterocycles. The van der Waals surface area contributed by atoms with E-state index >= 15 is 0 Å². The number of aromatic nitrogens is 4. The van der Waals surface area contributed by atoms with Crippen LogP contribution in [-0.2, 0) is 10.8 Å². The van der Waals surface area contributed by atoms with Crippen molar-refractivity contribution >= 4 is 10.9 Å². The number of nitrogens with zero attached hydrogens (tertiary/aromatic N) is 5. The second-order valence-corrected chi connectivity index (χ2v) is 14.2. The Bertz CT molecular complexity index is 2410. The Kier molecular flexibility index (Phi) is 7.19. The van der Waals surface area contributed by atoms with Crippen LogP contribution in [0.15, 0.2) is 128 Å². The van der Waals surface area contributed by atoms with E-state index in [9.17, 15) is 5.26 Å². The molecule has 5 nitrogen and oxygen atoms in total. The second kappa shape index (κ2) is 11.6. The molecule has 7 aromatic rings. The van der Waals surface area contributed by atoms with Crippen LogP contribution in [0.2, 0.25) is 0 Å². The lowest BCUT2D eigenvalue weighted by atomic mass is 9.82. The molecule has 5 aromatic carbocycles. The van der Waals surface area contributed by atoms with E-state index in [4.69, 9.17) is 19.9 Å². The van der Waals surface area contributed by atoms with Crippen LogP contribution in [-0.4, -0.2) is 19.9 Å². The van der Waals surface area contributed by atoms with Crippen LogP contribution in [0.1, 0.15) is 50.8 Å². The van der Waals surface area contributed by atoms with Crippen LogP contribution >= 0.6 is 0 Å². The molecule has 0 saturated carbocycles. The first-order valence-electron chi connectivity index (χ1n) is 16.7. The van der Waals surface area contributed by atoms with E-state index in [1.807, 2.05) is 54.7 Å². The van der Waals surface area contributed by atoms with Gasteiger partial charge in [0, 0.05) is 33.8 Å². The minimum Gasteiger partial charge on any atom is -0.256 e. The summed E-state index contributed by atoms with van der Waals surface area (Å²) in [6.07, 6.45) is 2.96. The fourth-order valence-electron chi connectivity index (χ4n) is 7.63. The van der Waals surface area contributed by atoms with Crippen molar-refractivity contribution in [3.63, 3.8) is 0 Å². The summed E-state index contributed by atoms with van der Waals surface area (Å²) in [5.41, 5.74) is 11.5. The maximum Gasteiger partial charge on any atom is 0.164 e. The third-order valence-corrected chi connectivity index (χ3v) is 9.77. The molecule has 0 atom stereocenters. The lowest BCUT2D eigenvalue weighted by molar-refractivity contribution is 0.403. The van der Waals surface area contributed by atoms with Gasteiger partial charge in [0.15, 0.2) is 17.5 Å². The van der Waals surface area contributed by atoms with Gasteiger partial charge < -0.3 is 0 Å². The van der Waals surface area contributed by atoms with Gasteiger partial charge in [-0.3, -0.25) is 4.98 Å². The fraction of sp³-hybridized carbons (Fsp3) is 0.159. The Morgan fingerprint density at radius 2 is 1.14 bits per heavy atom. The smallest absolute Gasteiger partial charge is 0.164 e. The molecule has 8 rings (SSSR count). The lowest BCUT2D eigenvalue weighted by Crippen LogP contribution is -2.17. The summed E-state index contributed by atoms with van der Waals surface area (Å²) in [7, 11) is 0. The van der Waals surface area contributed by atoms with Gasteiger partial charge in [0.25, 0.3) is 0 Å². The number of hydrogen-bond donors (Lipinski definition) is 0. The van der Waals surface area contributed by atoms with Crippen molar-refractivity contribution < 1.29 is 0 Å².